The lowest BCUT2D eigenvalue weighted by atomic mass is 10.0. The van der Waals surface area contributed by atoms with Crippen molar-refractivity contribution < 1.29 is 19.1 Å². The number of benzene rings is 2. The van der Waals surface area contributed by atoms with Crippen molar-refractivity contribution in [2.45, 2.75) is 33.0 Å². The van der Waals surface area contributed by atoms with Gasteiger partial charge in [0.25, 0.3) is 0 Å². The zero-order chi connectivity index (χ0) is 20.5. The Morgan fingerprint density at radius 3 is 2.36 bits per heavy atom. The van der Waals surface area contributed by atoms with Gasteiger partial charge in [0, 0.05) is 13.6 Å². The first-order valence-electron chi connectivity index (χ1n) is 9.26. The number of carbonyl (C=O) groups excluding carboxylic acids is 2. The highest BCUT2D eigenvalue weighted by atomic mass is 16.5. The second-order valence-corrected chi connectivity index (χ2v) is 6.97. The maximum absolute atomic E-state index is 12.9. The van der Waals surface area contributed by atoms with Crippen molar-refractivity contribution >= 4 is 12.0 Å². The zero-order valence-corrected chi connectivity index (χ0v) is 16.8. The topological polar surface area (TPSA) is 67.9 Å². The summed E-state index contributed by atoms with van der Waals surface area (Å²) in [4.78, 5) is 26.7. The van der Waals surface area contributed by atoms with Crippen LogP contribution in [0.15, 0.2) is 54.6 Å². The van der Waals surface area contributed by atoms with E-state index >= 15 is 0 Å². The Bertz CT molecular complexity index is 777. The van der Waals surface area contributed by atoms with Gasteiger partial charge in [-0.3, -0.25) is 4.79 Å². The Morgan fingerprint density at radius 2 is 1.71 bits per heavy atom. The molecule has 0 heterocycles. The summed E-state index contributed by atoms with van der Waals surface area (Å²) in [5.41, 5.74) is 1.84. The van der Waals surface area contributed by atoms with Gasteiger partial charge in [0.2, 0.25) is 5.91 Å². The molecule has 0 unspecified atom stereocenters. The molecule has 2 aromatic rings. The Kier molecular flexibility index (Phi) is 7.87. The second kappa shape index (κ2) is 10.3. The Balaban J connectivity index is 1.95. The lowest BCUT2D eigenvalue weighted by Gasteiger charge is -2.27. The van der Waals surface area contributed by atoms with E-state index in [1.54, 1.807) is 19.1 Å². The molecule has 2 aromatic carbocycles. The van der Waals surface area contributed by atoms with Gasteiger partial charge in [-0.25, -0.2) is 4.79 Å². The van der Waals surface area contributed by atoms with E-state index in [-0.39, 0.29) is 18.4 Å². The molecule has 0 radical (unpaired) electrons. The van der Waals surface area contributed by atoms with Crippen molar-refractivity contribution in [2.24, 2.45) is 5.92 Å². The molecule has 0 aliphatic rings. The zero-order valence-electron chi connectivity index (χ0n) is 16.8. The van der Waals surface area contributed by atoms with E-state index in [0.29, 0.717) is 6.54 Å². The van der Waals surface area contributed by atoms with Crippen LogP contribution in [0.3, 0.4) is 0 Å². The third kappa shape index (κ3) is 6.30. The van der Waals surface area contributed by atoms with Gasteiger partial charge in [-0.2, -0.15) is 0 Å². The minimum Gasteiger partial charge on any atom is -0.497 e. The minimum atomic E-state index is -0.668. The lowest BCUT2D eigenvalue weighted by Crippen LogP contribution is -2.50. The lowest BCUT2D eigenvalue weighted by molar-refractivity contribution is -0.133. The molecule has 0 saturated carbocycles. The quantitative estimate of drug-likeness (QED) is 0.755. The number of hydrogen-bond acceptors (Lipinski definition) is 4. The first kappa shape index (κ1) is 21.3. The number of amides is 2. The van der Waals surface area contributed by atoms with E-state index < -0.39 is 12.1 Å². The van der Waals surface area contributed by atoms with E-state index in [1.165, 1.54) is 0 Å². The highest BCUT2D eigenvalue weighted by molar-refractivity contribution is 5.85. The third-order valence-corrected chi connectivity index (χ3v) is 4.35. The molecule has 0 aromatic heterocycles. The standard InChI is InChI=1S/C22H28N2O4/c1-16(2)20(23-22(26)28-15-17-9-6-5-7-10-17)21(25)24(3)14-18-11-8-12-19(13-18)27-4/h5-13,16,20H,14-15H2,1-4H3,(H,23,26)/t20-/m0/s1. The summed E-state index contributed by atoms with van der Waals surface area (Å²) < 4.78 is 10.5. The Hall–Kier alpha value is -3.02. The maximum Gasteiger partial charge on any atom is 0.408 e. The van der Waals surface area contributed by atoms with Gasteiger partial charge in [0.1, 0.15) is 18.4 Å². The van der Waals surface area contributed by atoms with E-state index in [1.807, 2.05) is 68.4 Å². The summed E-state index contributed by atoms with van der Waals surface area (Å²) in [5, 5.41) is 2.70. The molecule has 0 bridgehead atoms. The normalized spacial score (nSPS) is 11.6. The van der Waals surface area contributed by atoms with E-state index in [0.717, 1.165) is 16.9 Å². The average Bonchev–Trinajstić information content (AvgIpc) is 2.70. The molecule has 2 amide bonds. The molecule has 0 aliphatic carbocycles. The van der Waals surface area contributed by atoms with Gasteiger partial charge in [-0.15, -0.1) is 0 Å². The van der Waals surface area contributed by atoms with Crippen LogP contribution in [0.25, 0.3) is 0 Å². The first-order chi connectivity index (χ1) is 13.4. The summed E-state index contributed by atoms with van der Waals surface area (Å²) in [6.07, 6.45) is -0.606. The van der Waals surface area contributed by atoms with Crippen LogP contribution in [-0.4, -0.2) is 37.1 Å². The maximum atomic E-state index is 12.9. The van der Waals surface area contributed by atoms with Crippen molar-refractivity contribution in [1.29, 1.82) is 0 Å². The smallest absolute Gasteiger partial charge is 0.408 e. The molecule has 6 heteroatoms. The molecular weight excluding hydrogens is 356 g/mol. The molecule has 0 fully saturated rings. The molecule has 0 saturated heterocycles. The van der Waals surface area contributed by atoms with Crippen LogP contribution in [0.4, 0.5) is 4.79 Å². The summed E-state index contributed by atoms with van der Waals surface area (Å²) in [5.74, 6) is 0.486. The number of carbonyl (C=O) groups is 2. The van der Waals surface area contributed by atoms with Crippen LogP contribution in [0.1, 0.15) is 25.0 Å². The summed E-state index contributed by atoms with van der Waals surface area (Å²) >= 11 is 0. The number of methoxy groups -OCH3 is 1. The van der Waals surface area contributed by atoms with E-state index in [9.17, 15) is 9.59 Å². The summed E-state index contributed by atoms with van der Waals surface area (Å²) in [7, 11) is 3.32. The van der Waals surface area contributed by atoms with Crippen molar-refractivity contribution in [3.63, 3.8) is 0 Å². The first-order valence-corrected chi connectivity index (χ1v) is 9.26. The van der Waals surface area contributed by atoms with Crippen LogP contribution in [-0.2, 0) is 22.7 Å². The molecule has 0 aliphatic heterocycles. The molecule has 2 rings (SSSR count). The predicted molar refractivity (Wildman–Crippen MR) is 108 cm³/mol. The van der Waals surface area contributed by atoms with Gasteiger partial charge >= 0.3 is 6.09 Å². The second-order valence-electron chi connectivity index (χ2n) is 6.97. The van der Waals surface area contributed by atoms with Crippen molar-refractivity contribution in [3.05, 3.63) is 65.7 Å². The number of nitrogens with zero attached hydrogens (tertiary/aromatic N) is 1. The van der Waals surface area contributed by atoms with Crippen LogP contribution in [0, 0.1) is 5.92 Å². The van der Waals surface area contributed by atoms with Crippen LogP contribution in [0.2, 0.25) is 0 Å². The fraction of sp³-hybridized carbons (Fsp3) is 0.364. The van der Waals surface area contributed by atoms with E-state index in [4.69, 9.17) is 9.47 Å². The number of rotatable bonds is 8. The van der Waals surface area contributed by atoms with Crippen molar-refractivity contribution in [2.75, 3.05) is 14.2 Å². The fourth-order valence-corrected chi connectivity index (χ4v) is 2.77. The average molecular weight is 384 g/mol. The number of ether oxygens (including phenoxy) is 2. The third-order valence-electron chi connectivity index (χ3n) is 4.35. The molecular formula is C22H28N2O4. The Morgan fingerprint density at radius 1 is 1.04 bits per heavy atom. The summed E-state index contributed by atoms with van der Waals surface area (Å²) in [6, 6.07) is 16.3. The van der Waals surface area contributed by atoms with Crippen molar-refractivity contribution in [1.82, 2.24) is 10.2 Å². The largest absolute Gasteiger partial charge is 0.497 e. The molecule has 150 valence electrons. The molecule has 0 spiro atoms. The Labute approximate surface area is 166 Å². The van der Waals surface area contributed by atoms with Crippen LogP contribution >= 0.6 is 0 Å². The number of alkyl carbamates (subject to hydrolysis) is 1. The molecule has 28 heavy (non-hydrogen) atoms. The van der Waals surface area contributed by atoms with Crippen LogP contribution in [0.5, 0.6) is 5.75 Å². The van der Waals surface area contributed by atoms with Crippen LogP contribution < -0.4 is 10.1 Å². The number of likely N-dealkylation sites (N-methyl/N-ethyl adjacent to an activating group) is 1. The van der Waals surface area contributed by atoms with Gasteiger partial charge in [-0.1, -0.05) is 56.3 Å². The SMILES string of the molecule is COc1cccc(CN(C)C(=O)[C@@H](NC(=O)OCc2ccccc2)C(C)C)c1. The number of nitrogens with one attached hydrogen (secondary N) is 1. The van der Waals surface area contributed by atoms with Gasteiger partial charge in [0.15, 0.2) is 0 Å². The van der Waals surface area contributed by atoms with Gasteiger partial charge in [-0.05, 0) is 29.2 Å². The molecule has 1 N–H and O–H groups in total. The predicted octanol–water partition coefficient (Wildman–Crippen LogP) is 3.60. The van der Waals surface area contributed by atoms with E-state index in [2.05, 4.69) is 5.32 Å². The highest BCUT2D eigenvalue weighted by Crippen LogP contribution is 2.15. The van der Waals surface area contributed by atoms with Gasteiger partial charge < -0.3 is 19.7 Å². The minimum absolute atomic E-state index is 0.0791. The summed E-state index contributed by atoms with van der Waals surface area (Å²) in [6.45, 7) is 4.35. The monoisotopic (exact) mass is 384 g/mol. The van der Waals surface area contributed by atoms with Gasteiger partial charge in [0.05, 0.1) is 7.11 Å². The molecule has 1 atom stereocenters. The number of hydrogen-bond donors (Lipinski definition) is 1. The fourth-order valence-electron chi connectivity index (χ4n) is 2.77. The molecule has 6 nitrogen and oxygen atoms in total. The van der Waals surface area contributed by atoms with Crippen molar-refractivity contribution in [3.8, 4) is 5.75 Å². The highest BCUT2D eigenvalue weighted by Gasteiger charge is 2.27.